The van der Waals surface area contributed by atoms with Crippen molar-refractivity contribution < 1.29 is 19.1 Å². The Morgan fingerprint density at radius 3 is 1.27 bits per heavy atom. The van der Waals surface area contributed by atoms with Gasteiger partial charge in [-0.3, -0.25) is 19.4 Å². The summed E-state index contributed by atoms with van der Waals surface area (Å²) in [5.74, 6) is 1.36. The van der Waals surface area contributed by atoms with Crippen LogP contribution in [0.1, 0.15) is 49.9 Å². The predicted octanol–water partition coefficient (Wildman–Crippen LogP) is 9.83. The number of carbonyl (C=O) groups is 2. The lowest BCUT2D eigenvalue weighted by Gasteiger charge is -2.24. The molecule has 4 aromatic rings. The van der Waals surface area contributed by atoms with Crippen LogP contribution in [0.25, 0.3) is 12.2 Å². The molecule has 2 amide bonds. The molecule has 2 heterocycles. The molecule has 0 atom stereocenters. The van der Waals surface area contributed by atoms with Crippen LogP contribution in [0, 0.1) is 0 Å². The van der Waals surface area contributed by atoms with Gasteiger partial charge in [0.15, 0.2) is 0 Å². The molecule has 0 saturated carbocycles. The fraction of sp³-hybridized carbons (Fsp3) is 0.200. The zero-order valence-corrected chi connectivity index (χ0v) is 31.8. The first-order valence-electron chi connectivity index (χ1n) is 16.5. The minimum atomic E-state index is -0.363. The van der Waals surface area contributed by atoms with Crippen LogP contribution in [-0.2, 0) is 9.59 Å². The highest BCUT2D eigenvalue weighted by Crippen LogP contribution is 2.31. The van der Waals surface area contributed by atoms with Crippen molar-refractivity contribution in [2.75, 3.05) is 13.1 Å². The summed E-state index contributed by atoms with van der Waals surface area (Å²) < 4.78 is 11.5. The fourth-order valence-electron chi connectivity index (χ4n) is 5.61. The summed E-state index contributed by atoms with van der Waals surface area (Å²) in [6.45, 7) is 7.92. The van der Waals surface area contributed by atoms with Crippen molar-refractivity contribution in [1.29, 1.82) is 0 Å². The van der Waals surface area contributed by atoms with E-state index in [4.69, 9.17) is 65.9 Å². The molecule has 2 aliphatic rings. The topological polar surface area (TPSA) is 83.8 Å². The second kappa shape index (κ2) is 16.0. The van der Waals surface area contributed by atoms with Gasteiger partial charge in [0.2, 0.25) is 0 Å². The average molecular weight is 777 g/mol. The van der Waals surface area contributed by atoms with E-state index >= 15 is 0 Å². The first kappa shape index (κ1) is 37.2. The molecule has 0 aliphatic carbocycles. The lowest BCUT2D eigenvalue weighted by atomic mass is 10.1. The minimum absolute atomic E-state index is 0.0250. The van der Waals surface area contributed by atoms with Gasteiger partial charge in [0, 0.05) is 34.3 Å². The van der Waals surface area contributed by atoms with Crippen molar-refractivity contribution in [2.45, 2.75) is 39.9 Å². The number of nitrogens with zero attached hydrogens (tertiary/aromatic N) is 4. The first-order valence-corrected chi connectivity index (χ1v) is 18.1. The summed E-state index contributed by atoms with van der Waals surface area (Å²) in [6, 6.07) is 24.7. The van der Waals surface area contributed by atoms with Gasteiger partial charge in [-0.05, 0) is 112 Å². The van der Waals surface area contributed by atoms with Crippen LogP contribution in [0.5, 0.6) is 11.5 Å². The second-order valence-corrected chi connectivity index (χ2v) is 14.3. The van der Waals surface area contributed by atoms with Crippen LogP contribution >= 0.6 is 46.4 Å². The third-order valence-corrected chi connectivity index (χ3v) is 8.99. The SMILES string of the molecule is CC(C)Oc1ccc(C=C2N=C(c3ccc(Cl)cc3Cl)N(CCN3C(=O)C(=Cc4ccc(OC(C)C)cc4)N=C3c3ccc(Cl)cc3Cl)C2=O)cc1. The molecule has 266 valence electrons. The standard InChI is InChI=1S/C40H34Cl4N4O4/c1-23(2)51-29-11-5-25(6-12-29)19-35-39(49)47(37(45-35)31-15-9-27(41)21-33(31)43)17-18-48-38(32-16-10-28(42)22-34(32)44)46-36(40(48)50)20-26-7-13-30(14-8-26)52-24(3)4/h5-16,19-24H,17-18H2,1-4H3. The van der Waals surface area contributed by atoms with Gasteiger partial charge in [-0.25, -0.2) is 9.98 Å². The first-order chi connectivity index (χ1) is 24.9. The summed E-state index contributed by atoms with van der Waals surface area (Å²) in [7, 11) is 0. The van der Waals surface area contributed by atoms with E-state index in [1.165, 1.54) is 9.80 Å². The Balaban J connectivity index is 1.33. The molecule has 0 N–H and O–H groups in total. The predicted molar refractivity (Wildman–Crippen MR) is 210 cm³/mol. The third-order valence-electron chi connectivity index (χ3n) is 7.89. The minimum Gasteiger partial charge on any atom is -0.491 e. The number of halogens is 4. The number of carbonyl (C=O) groups excluding carboxylic acids is 2. The average Bonchev–Trinajstić information content (AvgIpc) is 3.55. The van der Waals surface area contributed by atoms with E-state index in [0.29, 0.717) is 54.4 Å². The van der Waals surface area contributed by atoms with Crippen molar-refractivity contribution in [2.24, 2.45) is 9.98 Å². The maximum absolute atomic E-state index is 14.1. The number of benzene rings is 4. The Bertz CT molecular complexity index is 1990. The van der Waals surface area contributed by atoms with Gasteiger partial charge in [-0.15, -0.1) is 0 Å². The Morgan fingerprint density at radius 2 is 0.942 bits per heavy atom. The third kappa shape index (κ3) is 8.54. The van der Waals surface area contributed by atoms with E-state index in [2.05, 4.69) is 0 Å². The molecule has 0 saturated heterocycles. The van der Waals surface area contributed by atoms with Crippen molar-refractivity contribution in [1.82, 2.24) is 9.80 Å². The smallest absolute Gasteiger partial charge is 0.278 e. The number of hydrogen-bond donors (Lipinski definition) is 0. The van der Waals surface area contributed by atoms with Crippen LogP contribution < -0.4 is 9.47 Å². The lowest BCUT2D eigenvalue weighted by Crippen LogP contribution is -2.43. The highest BCUT2D eigenvalue weighted by atomic mass is 35.5. The molecule has 6 rings (SSSR count). The molecular formula is C40H34Cl4N4O4. The normalized spacial score (nSPS) is 16.1. The van der Waals surface area contributed by atoms with Crippen LogP contribution in [0.15, 0.2) is 106 Å². The number of ether oxygens (including phenoxy) is 2. The molecule has 4 aromatic carbocycles. The van der Waals surface area contributed by atoms with Gasteiger partial charge in [0.05, 0.1) is 22.3 Å². The molecule has 0 bridgehead atoms. The van der Waals surface area contributed by atoms with Crippen molar-refractivity contribution in [3.63, 3.8) is 0 Å². The van der Waals surface area contributed by atoms with Crippen LogP contribution in [0.3, 0.4) is 0 Å². The summed E-state index contributed by atoms with van der Waals surface area (Å²) in [5.41, 5.74) is 2.93. The molecule has 8 nitrogen and oxygen atoms in total. The zero-order chi connectivity index (χ0) is 37.1. The van der Waals surface area contributed by atoms with Gasteiger partial charge in [-0.2, -0.15) is 0 Å². The maximum atomic E-state index is 14.1. The monoisotopic (exact) mass is 774 g/mol. The summed E-state index contributed by atoms with van der Waals surface area (Å²) in [6.07, 6.45) is 3.45. The van der Waals surface area contributed by atoms with Gasteiger partial charge >= 0.3 is 0 Å². The summed E-state index contributed by atoms with van der Waals surface area (Å²) >= 11 is 25.7. The molecule has 12 heteroatoms. The molecule has 0 unspecified atom stereocenters. The van der Waals surface area contributed by atoms with Crippen molar-refractivity contribution in [3.05, 3.63) is 139 Å². The largest absolute Gasteiger partial charge is 0.491 e. The zero-order valence-electron chi connectivity index (χ0n) is 28.7. The number of amidine groups is 2. The van der Waals surface area contributed by atoms with Gasteiger partial charge < -0.3 is 9.47 Å². The van der Waals surface area contributed by atoms with Crippen LogP contribution in [0.2, 0.25) is 20.1 Å². The van der Waals surface area contributed by atoms with E-state index in [1.54, 1.807) is 48.6 Å². The van der Waals surface area contributed by atoms with Crippen molar-refractivity contribution >= 4 is 82.0 Å². The quantitative estimate of drug-likeness (QED) is 0.142. The number of rotatable bonds is 11. The number of amides is 2. The Kier molecular flexibility index (Phi) is 11.4. The molecular weight excluding hydrogens is 742 g/mol. The van der Waals surface area contributed by atoms with Gasteiger partial charge in [0.25, 0.3) is 11.8 Å². The van der Waals surface area contributed by atoms with Gasteiger partial charge in [0.1, 0.15) is 34.6 Å². The van der Waals surface area contributed by atoms with E-state index < -0.39 is 0 Å². The van der Waals surface area contributed by atoms with E-state index in [0.717, 1.165) is 11.1 Å². The molecule has 0 radical (unpaired) electrons. The number of hydrogen-bond acceptors (Lipinski definition) is 6. The maximum Gasteiger partial charge on any atom is 0.278 e. The molecule has 0 fully saturated rings. The highest BCUT2D eigenvalue weighted by Gasteiger charge is 2.36. The van der Waals surface area contributed by atoms with E-state index in [9.17, 15) is 9.59 Å². The number of aliphatic imine (C=N–C) groups is 2. The van der Waals surface area contributed by atoms with E-state index in [1.807, 2.05) is 76.2 Å². The Hall–Kier alpha value is -4.60. The Labute approximate surface area is 322 Å². The van der Waals surface area contributed by atoms with E-state index in [-0.39, 0.29) is 48.5 Å². The van der Waals surface area contributed by atoms with Crippen LogP contribution in [0.4, 0.5) is 0 Å². The highest BCUT2D eigenvalue weighted by molar-refractivity contribution is 6.38. The fourth-order valence-corrected chi connectivity index (χ4v) is 6.60. The van der Waals surface area contributed by atoms with Gasteiger partial charge in [-0.1, -0.05) is 70.7 Å². The summed E-state index contributed by atoms with van der Waals surface area (Å²) in [5, 5.41) is 1.52. The van der Waals surface area contributed by atoms with Crippen molar-refractivity contribution in [3.8, 4) is 11.5 Å². The molecule has 0 spiro atoms. The summed E-state index contributed by atoms with van der Waals surface area (Å²) in [4.78, 5) is 40.6. The lowest BCUT2D eigenvalue weighted by molar-refractivity contribution is -0.125. The second-order valence-electron chi connectivity index (χ2n) is 12.6. The molecule has 0 aromatic heterocycles. The van der Waals surface area contributed by atoms with Crippen LogP contribution in [-0.4, -0.2) is 58.6 Å². The molecule has 52 heavy (non-hydrogen) atoms. The molecule has 2 aliphatic heterocycles. The Morgan fingerprint density at radius 1 is 0.577 bits per heavy atom.